The van der Waals surface area contributed by atoms with Gasteiger partial charge < -0.3 is 9.84 Å². The molecule has 0 aromatic heterocycles. The van der Waals surface area contributed by atoms with E-state index in [1.165, 1.54) is 6.42 Å². The minimum Gasteiger partial charge on any atom is -0.426 e. The molecule has 116 valence electrons. The topological polar surface area (TPSA) is 46.5 Å². The minimum atomic E-state index is -0.840. The van der Waals surface area contributed by atoms with Crippen molar-refractivity contribution >= 4 is 5.97 Å². The highest BCUT2D eigenvalue weighted by molar-refractivity contribution is 5.75. The molecule has 2 rings (SSSR count). The lowest BCUT2D eigenvalue weighted by molar-refractivity contribution is -0.140. The predicted octanol–water partition coefficient (Wildman–Crippen LogP) is 4.18. The molecule has 1 aromatic carbocycles. The van der Waals surface area contributed by atoms with Crippen molar-refractivity contribution in [1.82, 2.24) is 0 Å². The first-order valence-corrected chi connectivity index (χ1v) is 8.13. The van der Waals surface area contributed by atoms with Crippen LogP contribution in [0.1, 0.15) is 64.4 Å². The van der Waals surface area contributed by atoms with Crippen LogP contribution < -0.4 is 4.74 Å². The Morgan fingerprint density at radius 3 is 2.52 bits per heavy atom. The maximum atomic E-state index is 12.2. The lowest BCUT2D eigenvalue weighted by Gasteiger charge is -2.26. The summed E-state index contributed by atoms with van der Waals surface area (Å²) >= 11 is 0. The number of hydrogen-bond donors (Lipinski definition) is 1. The van der Waals surface area contributed by atoms with Crippen LogP contribution in [-0.4, -0.2) is 11.1 Å². The van der Waals surface area contributed by atoms with Gasteiger partial charge in [-0.1, -0.05) is 45.2 Å². The molecule has 0 saturated heterocycles. The fourth-order valence-electron chi connectivity index (χ4n) is 3.05. The van der Waals surface area contributed by atoms with Crippen molar-refractivity contribution in [2.75, 3.05) is 0 Å². The standard InChI is InChI=1S/C18H26O3/c1-3-18(20,4-2)15-11-8-12-16(13-15)21-17(19)14-9-6-5-7-10-14/h8,11-14,20H,3-7,9-10H2,1-2H3. The zero-order valence-corrected chi connectivity index (χ0v) is 13.1. The maximum Gasteiger partial charge on any atom is 0.314 e. The second kappa shape index (κ2) is 7.08. The highest BCUT2D eigenvalue weighted by atomic mass is 16.5. The number of benzene rings is 1. The third-order valence-corrected chi connectivity index (χ3v) is 4.70. The molecule has 1 aromatic rings. The molecular weight excluding hydrogens is 264 g/mol. The van der Waals surface area contributed by atoms with Crippen LogP contribution in [-0.2, 0) is 10.4 Å². The lowest BCUT2D eigenvalue weighted by Crippen LogP contribution is -2.24. The highest BCUT2D eigenvalue weighted by Crippen LogP contribution is 2.31. The van der Waals surface area contributed by atoms with E-state index in [1.54, 1.807) is 12.1 Å². The van der Waals surface area contributed by atoms with Crippen LogP contribution in [0.15, 0.2) is 24.3 Å². The van der Waals surface area contributed by atoms with E-state index in [0.717, 1.165) is 31.2 Å². The largest absolute Gasteiger partial charge is 0.426 e. The molecule has 1 aliphatic rings. The summed E-state index contributed by atoms with van der Waals surface area (Å²) in [5, 5.41) is 10.6. The molecule has 3 heteroatoms. The minimum absolute atomic E-state index is 0.0404. The molecule has 0 aliphatic heterocycles. The van der Waals surface area contributed by atoms with Gasteiger partial charge in [0.2, 0.25) is 0 Å². The Labute approximate surface area is 127 Å². The second-order valence-electron chi connectivity index (χ2n) is 6.02. The Bertz CT molecular complexity index is 471. The van der Waals surface area contributed by atoms with Crippen molar-refractivity contribution in [2.24, 2.45) is 5.92 Å². The zero-order valence-electron chi connectivity index (χ0n) is 13.1. The van der Waals surface area contributed by atoms with E-state index in [2.05, 4.69) is 0 Å². The average molecular weight is 290 g/mol. The first-order chi connectivity index (χ1) is 10.1. The van der Waals surface area contributed by atoms with Gasteiger partial charge in [0.15, 0.2) is 0 Å². The number of aliphatic hydroxyl groups is 1. The van der Waals surface area contributed by atoms with Gasteiger partial charge in [0.1, 0.15) is 5.75 Å². The SMILES string of the molecule is CCC(O)(CC)c1cccc(OC(=O)C2CCCCC2)c1. The molecular formula is C18H26O3. The third-order valence-electron chi connectivity index (χ3n) is 4.70. The van der Waals surface area contributed by atoms with Crippen molar-refractivity contribution in [3.63, 3.8) is 0 Å². The molecule has 21 heavy (non-hydrogen) atoms. The van der Waals surface area contributed by atoms with E-state index in [1.807, 2.05) is 26.0 Å². The summed E-state index contributed by atoms with van der Waals surface area (Å²) in [4.78, 5) is 12.2. The molecule has 1 fully saturated rings. The van der Waals surface area contributed by atoms with E-state index >= 15 is 0 Å². The highest BCUT2D eigenvalue weighted by Gasteiger charge is 2.26. The summed E-state index contributed by atoms with van der Waals surface area (Å²) in [5.74, 6) is 0.463. The molecule has 1 saturated carbocycles. The molecule has 0 heterocycles. The van der Waals surface area contributed by atoms with Gasteiger partial charge in [-0.3, -0.25) is 4.79 Å². The molecule has 0 radical (unpaired) electrons. The van der Waals surface area contributed by atoms with Crippen molar-refractivity contribution < 1.29 is 14.6 Å². The monoisotopic (exact) mass is 290 g/mol. The molecule has 0 spiro atoms. The van der Waals surface area contributed by atoms with E-state index in [0.29, 0.717) is 18.6 Å². The van der Waals surface area contributed by atoms with Gasteiger partial charge in [-0.05, 0) is 43.4 Å². The Hall–Kier alpha value is -1.35. The quantitative estimate of drug-likeness (QED) is 0.653. The van der Waals surface area contributed by atoms with Crippen LogP contribution in [0.3, 0.4) is 0 Å². The number of rotatable bonds is 5. The molecule has 0 atom stereocenters. The first-order valence-electron chi connectivity index (χ1n) is 8.13. The normalized spacial score (nSPS) is 16.7. The summed E-state index contributed by atoms with van der Waals surface area (Å²) in [6.45, 7) is 3.93. The lowest BCUT2D eigenvalue weighted by atomic mass is 9.88. The van der Waals surface area contributed by atoms with Crippen molar-refractivity contribution in [1.29, 1.82) is 0 Å². The third kappa shape index (κ3) is 3.85. The Morgan fingerprint density at radius 1 is 1.24 bits per heavy atom. The number of carbonyl (C=O) groups is 1. The number of esters is 1. The second-order valence-corrected chi connectivity index (χ2v) is 6.02. The van der Waals surface area contributed by atoms with Crippen LogP contribution in [0.4, 0.5) is 0 Å². The number of hydrogen-bond acceptors (Lipinski definition) is 3. The molecule has 3 nitrogen and oxygen atoms in total. The molecule has 1 aliphatic carbocycles. The first kappa shape index (κ1) is 16.0. The van der Waals surface area contributed by atoms with Crippen molar-refractivity contribution in [3.8, 4) is 5.75 Å². The van der Waals surface area contributed by atoms with E-state index < -0.39 is 5.60 Å². The molecule has 1 N–H and O–H groups in total. The Balaban J connectivity index is 2.08. The Kier molecular flexibility index (Phi) is 5.40. The van der Waals surface area contributed by atoms with Crippen LogP contribution in [0, 0.1) is 5.92 Å². The van der Waals surface area contributed by atoms with E-state index in [4.69, 9.17) is 4.74 Å². The van der Waals surface area contributed by atoms with Gasteiger partial charge in [-0.15, -0.1) is 0 Å². The zero-order chi connectivity index (χ0) is 15.3. The van der Waals surface area contributed by atoms with E-state index in [9.17, 15) is 9.90 Å². The van der Waals surface area contributed by atoms with Crippen LogP contribution in [0.2, 0.25) is 0 Å². The van der Waals surface area contributed by atoms with E-state index in [-0.39, 0.29) is 11.9 Å². The predicted molar refractivity (Wildman–Crippen MR) is 83.1 cm³/mol. The van der Waals surface area contributed by atoms with Gasteiger partial charge in [0, 0.05) is 0 Å². The fourth-order valence-corrected chi connectivity index (χ4v) is 3.05. The summed E-state index contributed by atoms with van der Waals surface area (Å²) < 4.78 is 5.53. The Morgan fingerprint density at radius 2 is 1.90 bits per heavy atom. The summed E-state index contributed by atoms with van der Waals surface area (Å²) in [6, 6.07) is 7.32. The summed E-state index contributed by atoms with van der Waals surface area (Å²) in [5.41, 5.74) is -0.0192. The smallest absolute Gasteiger partial charge is 0.314 e. The van der Waals surface area contributed by atoms with Crippen molar-refractivity contribution in [3.05, 3.63) is 29.8 Å². The summed E-state index contributed by atoms with van der Waals surface area (Å²) in [7, 11) is 0. The molecule has 0 bridgehead atoms. The van der Waals surface area contributed by atoms with Gasteiger partial charge >= 0.3 is 5.97 Å². The maximum absolute atomic E-state index is 12.2. The molecule has 0 amide bonds. The number of carbonyl (C=O) groups excluding carboxylic acids is 1. The molecule has 0 unspecified atom stereocenters. The van der Waals surface area contributed by atoms with Gasteiger partial charge in [-0.25, -0.2) is 0 Å². The van der Waals surface area contributed by atoms with Gasteiger partial charge in [0.05, 0.1) is 11.5 Å². The van der Waals surface area contributed by atoms with Gasteiger partial charge in [0.25, 0.3) is 0 Å². The van der Waals surface area contributed by atoms with Crippen LogP contribution >= 0.6 is 0 Å². The summed E-state index contributed by atoms with van der Waals surface area (Å²) in [6.07, 6.45) is 6.61. The van der Waals surface area contributed by atoms with Crippen LogP contribution in [0.25, 0.3) is 0 Å². The van der Waals surface area contributed by atoms with Crippen LogP contribution in [0.5, 0.6) is 5.75 Å². The average Bonchev–Trinajstić information content (AvgIpc) is 2.55. The van der Waals surface area contributed by atoms with Gasteiger partial charge in [-0.2, -0.15) is 0 Å². The fraction of sp³-hybridized carbons (Fsp3) is 0.611. The van der Waals surface area contributed by atoms with Crippen molar-refractivity contribution in [2.45, 2.75) is 64.4 Å². The number of ether oxygens (including phenoxy) is 1.